The molecule has 0 aliphatic carbocycles. The summed E-state index contributed by atoms with van der Waals surface area (Å²) < 4.78 is 31.4. The molecule has 0 bridgehead atoms. The average molecular weight is 337 g/mol. The van der Waals surface area contributed by atoms with Gasteiger partial charge in [-0.1, -0.05) is 11.2 Å². The largest absolute Gasteiger partial charge is 0.392 e. The lowest BCUT2D eigenvalue weighted by Gasteiger charge is -2.23. The summed E-state index contributed by atoms with van der Waals surface area (Å²) in [6.45, 7) is 1.97. The highest BCUT2D eigenvalue weighted by Gasteiger charge is 2.33. The summed E-state index contributed by atoms with van der Waals surface area (Å²) in [7, 11) is 0. The van der Waals surface area contributed by atoms with E-state index in [-0.39, 0.29) is 25.0 Å². The van der Waals surface area contributed by atoms with Crippen LogP contribution in [0.25, 0.3) is 0 Å². The van der Waals surface area contributed by atoms with Crippen LogP contribution in [-0.2, 0) is 4.79 Å². The summed E-state index contributed by atoms with van der Waals surface area (Å²) in [5.41, 5.74) is 0.524. The maximum absolute atomic E-state index is 13.5. The third kappa shape index (κ3) is 3.60. The Morgan fingerprint density at radius 1 is 1.42 bits per heavy atom. The number of likely N-dealkylation sites (tertiary alicyclic amines) is 1. The lowest BCUT2D eigenvalue weighted by molar-refractivity contribution is -0.117. The fraction of sp³-hybridized carbons (Fsp3) is 0.375. The monoisotopic (exact) mass is 337 g/mol. The van der Waals surface area contributed by atoms with Crippen LogP contribution in [0, 0.1) is 18.6 Å². The lowest BCUT2D eigenvalue weighted by atomic mass is 10.0. The molecule has 0 saturated carbocycles. The molecule has 0 spiro atoms. The molecule has 1 fully saturated rings. The Hall–Kier alpha value is -2.32. The smallest absolute Gasteiger partial charge is 0.239 e. The second-order valence-electron chi connectivity index (χ2n) is 5.88. The summed E-state index contributed by atoms with van der Waals surface area (Å²) in [5, 5.41) is 16.2. The molecular weight excluding hydrogens is 320 g/mol. The molecule has 2 atom stereocenters. The molecule has 3 rings (SSSR count). The first kappa shape index (κ1) is 16.5. The van der Waals surface area contributed by atoms with E-state index in [9.17, 15) is 18.7 Å². The molecule has 2 N–H and O–H groups in total. The number of aliphatic hydroxyl groups excluding tert-OH is 1. The van der Waals surface area contributed by atoms with Gasteiger partial charge in [-0.15, -0.1) is 0 Å². The van der Waals surface area contributed by atoms with Crippen molar-refractivity contribution in [2.45, 2.75) is 25.5 Å². The van der Waals surface area contributed by atoms with Gasteiger partial charge >= 0.3 is 0 Å². The summed E-state index contributed by atoms with van der Waals surface area (Å²) >= 11 is 0. The van der Waals surface area contributed by atoms with Crippen molar-refractivity contribution >= 4 is 11.7 Å². The van der Waals surface area contributed by atoms with E-state index >= 15 is 0 Å². The van der Waals surface area contributed by atoms with Gasteiger partial charge in [-0.05, 0) is 31.0 Å². The summed E-state index contributed by atoms with van der Waals surface area (Å²) in [6.07, 6.45) is -0.285. The van der Waals surface area contributed by atoms with E-state index in [1.54, 1.807) is 17.9 Å². The highest BCUT2D eigenvalue weighted by atomic mass is 19.2. The molecule has 8 heteroatoms. The molecule has 24 heavy (non-hydrogen) atoms. The number of benzene rings is 1. The van der Waals surface area contributed by atoms with Gasteiger partial charge in [0.2, 0.25) is 5.91 Å². The van der Waals surface area contributed by atoms with Crippen molar-refractivity contribution in [2.24, 2.45) is 0 Å². The number of hydrogen-bond acceptors (Lipinski definition) is 5. The van der Waals surface area contributed by atoms with Crippen molar-refractivity contribution in [2.75, 3.05) is 18.4 Å². The number of nitrogens with zero attached hydrogens (tertiary/aromatic N) is 2. The Morgan fingerprint density at radius 3 is 2.88 bits per heavy atom. The van der Waals surface area contributed by atoms with Crippen LogP contribution in [0.5, 0.6) is 0 Å². The minimum atomic E-state index is -0.948. The van der Waals surface area contributed by atoms with E-state index in [0.717, 1.165) is 12.1 Å². The van der Waals surface area contributed by atoms with E-state index in [0.29, 0.717) is 23.6 Å². The van der Waals surface area contributed by atoms with Gasteiger partial charge in [-0.2, -0.15) is 0 Å². The van der Waals surface area contributed by atoms with Crippen LogP contribution >= 0.6 is 0 Å². The number of halogens is 2. The van der Waals surface area contributed by atoms with Gasteiger partial charge in [0.1, 0.15) is 5.76 Å². The second kappa shape index (κ2) is 6.66. The number of carbonyl (C=O) groups excluding carboxylic acids is 1. The zero-order chi connectivity index (χ0) is 17.3. The minimum Gasteiger partial charge on any atom is -0.392 e. The average Bonchev–Trinajstić information content (AvgIpc) is 3.08. The number of rotatable bonds is 4. The number of anilines is 1. The number of carbonyl (C=O) groups is 1. The first-order chi connectivity index (χ1) is 11.4. The molecule has 2 aromatic rings. The molecular formula is C16H17F2N3O3. The molecule has 1 saturated heterocycles. The van der Waals surface area contributed by atoms with Crippen molar-refractivity contribution in [1.29, 1.82) is 0 Å². The Morgan fingerprint density at radius 2 is 2.21 bits per heavy atom. The number of aromatic nitrogens is 1. The van der Waals surface area contributed by atoms with Crippen LogP contribution in [0.15, 0.2) is 28.8 Å². The standard InChI is InChI=1S/C16H17F2N3O3/c1-9-4-15(20-24-9)19-16(23)8-21-7-11(22)6-14(21)10-2-3-12(17)13(18)5-10/h2-5,11,14,22H,6-8H2,1H3,(H,19,20,23)/t11-,14+/m1/s1. The van der Waals surface area contributed by atoms with Crippen LogP contribution in [0.4, 0.5) is 14.6 Å². The van der Waals surface area contributed by atoms with Gasteiger partial charge in [0.25, 0.3) is 0 Å². The highest BCUT2D eigenvalue weighted by molar-refractivity contribution is 5.91. The third-order valence-corrected chi connectivity index (χ3v) is 3.95. The number of nitrogens with one attached hydrogen (secondary N) is 1. The molecule has 1 aliphatic rings. The Balaban J connectivity index is 1.70. The van der Waals surface area contributed by atoms with Crippen LogP contribution in [0.3, 0.4) is 0 Å². The van der Waals surface area contributed by atoms with Crippen molar-refractivity contribution in [1.82, 2.24) is 10.1 Å². The Kier molecular flexibility index (Phi) is 4.59. The fourth-order valence-electron chi connectivity index (χ4n) is 2.91. The summed E-state index contributed by atoms with van der Waals surface area (Å²) in [5.74, 6) is -1.33. The normalized spacial score (nSPS) is 21.2. The zero-order valence-electron chi connectivity index (χ0n) is 13.0. The molecule has 2 heterocycles. The van der Waals surface area contributed by atoms with Crippen LogP contribution in [0.1, 0.15) is 23.8 Å². The van der Waals surface area contributed by atoms with Gasteiger partial charge in [0, 0.05) is 18.7 Å². The fourth-order valence-corrected chi connectivity index (χ4v) is 2.91. The van der Waals surface area contributed by atoms with Gasteiger partial charge < -0.3 is 14.9 Å². The first-order valence-electron chi connectivity index (χ1n) is 7.52. The van der Waals surface area contributed by atoms with E-state index in [1.807, 2.05) is 0 Å². The number of aliphatic hydroxyl groups is 1. The third-order valence-electron chi connectivity index (χ3n) is 3.95. The van der Waals surface area contributed by atoms with Crippen molar-refractivity contribution < 1.29 is 23.2 Å². The molecule has 0 unspecified atom stereocenters. The van der Waals surface area contributed by atoms with Gasteiger partial charge in [0.15, 0.2) is 17.5 Å². The Bertz CT molecular complexity index is 750. The first-order valence-corrected chi connectivity index (χ1v) is 7.52. The van der Waals surface area contributed by atoms with Crippen LogP contribution in [-0.4, -0.2) is 40.3 Å². The Labute approximate surface area is 137 Å². The second-order valence-corrected chi connectivity index (χ2v) is 5.88. The van der Waals surface area contributed by atoms with Crippen LogP contribution < -0.4 is 5.32 Å². The van der Waals surface area contributed by atoms with E-state index < -0.39 is 17.7 Å². The van der Waals surface area contributed by atoms with Gasteiger partial charge in [-0.25, -0.2) is 8.78 Å². The number of amides is 1. The topological polar surface area (TPSA) is 78.6 Å². The molecule has 6 nitrogen and oxygen atoms in total. The SMILES string of the molecule is Cc1cc(NC(=O)CN2C[C@H](O)C[C@H]2c2ccc(F)c(F)c2)no1. The highest BCUT2D eigenvalue weighted by Crippen LogP contribution is 2.32. The molecule has 1 aliphatic heterocycles. The minimum absolute atomic E-state index is 0.00731. The zero-order valence-corrected chi connectivity index (χ0v) is 13.0. The predicted molar refractivity (Wildman–Crippen MR) is 81.2 cm³/mol. The number of β-amino-alcohol motifs (C(OH)–C–C–N with tert-alkyl or cyclic N) is 1. The lowest BCUT2D eigenvalue weighted by Crippen LogP contribution is -2.34. The molecule has 1 aromatic carbocycles. The van der Waals surface area contributed by atoms with Crippen molar-refractivity contribution in [3.8, 4) is 0 Å². The molecule has 1 amide bonds. The molecule has 1 aromatic heterocycles. The maximum atomic E-state index is 13.5. The van der Waals surface area contributed by atoms with Crippen molar-refractivity contribution in [3.63, 3.8) is 0 Å². The summed E-state index contributed by atoms with van der Waals surface area (Å²) in [6, 6.07) is 4.84. The van der Waals surface area contributed by atoms with Crippen molar-refractivity contribution in [3.05, 3.63) is 47.2 Å². The van der Waals surface area contributed by atoms with E-state index in [4.69, 9.17) is 4.52 Å². The number of aryl methyl sites for hydroxylation is 1. The van der Waals surface area contributed by atoms with Gasteiger partial charge in [0.05, 0.1) is 12.6 Å². The quantitative estimate of drug-likeness (QED) is 0.892. The predicted octanol–water partition coefficient (Wildman–Crippen LogP) is 2.01. The summed E-state index contributed by atoms with van der Waals surface area (Å²) in [4.78, 5) is 13.9. The van der Waals surface area contributed by atoms with E-state index in [2.05, 4.69) is 10.5 Å². The molecule has 128 valence electrons. The molecule has 0 radical (unpaired) electrons. The van der Waals surface area contributed by atoms with Gasteiger partial charge in [-0.3, -0.25) is 9.69 Å². The number of hydrogen-bond donors (Lipinski definition) is 2. The maximum Gasteiger partial charge on any atom is 0.239 e. The van der Waals surface area contributed by atoms with E-state index in [1.165, 1.54) is 6.07 Å². The van der Waals surface area contributed by atoms with Crippen LogP contribution in [0.2, 0.25) is 0 Å².